The highest BCUT2D eigenvalue weighted by molar-refractivity contribution is 5.81. The molecule has 0 radical (unpaired) electrons. The second kappa shape index (κ2) is 11.5. The molecule has 0 aliphatic carbocycles. The van der Waals surface area contributed by atoms with E-state index in [0.29, 0.717) is 23.3 Å². The second-order valence-electron chi connectivity index (χ2n) is 11.4. The molecule has 0 N–H and O–H groups in total. The first-order valence-corrected chi connectivity index (χ1v) is 13.0. The Balaban J connectivity index is 1.97. The van der Waals surface area contributed by atoms with Crippen LogP contribution in [0.5, 0.6) is 0 Å². The first-order valence-electron chi connectivity index (χ1n) is 13.0. The summed E-state index contributed by atoms with van der Waals surface area (Å²) >= 11 is 0. The molecule has 0 unspecified atom stereocenters. The Bertz CT molecular complexity index is 1250. The van der Waals surface area contributed by atoms with E-state index in [1.165, 1.54) is 37.1 Å². The highest BCUT2D eigenvalue weighted by Crippen LogP contribution is 2.40. The van der Waals surface area contributed by atoms with Gasteiger partial charge in [-0.15, -0.1) is 0 Å². The van der Waals surface area contributed by atoms with Crippen LogP contribution in [-0.2, 0) is 21.9 Å². The lowest BCUT2D eigenvalue weighted by molar-refractivity contribution is -0.143. The topological polar surface area (TPSA) is 49.9 Å². The summed E-state index contributed by atoms with van der Waals surface area (Å²) in [5.41, 5.74) is -2.93. The number of halogens is 7. The predicted octanol–water partition coefficient (Wildman–Crippen LogP) is 7.73. The summed E-state index contributed by atoms with van der Waals surface area (Å²) < 4.78 is 100. The first kappa shape index (κ1) is 32.2. The quantitative estimate of drug-likeness (QED) is 0.343. The van der Waals surface area contributed by atoms with Gasteiger partial charge in [0.15, 0.2) is 0 Å². The van der Waals surface area contributed by atoms with Gasteiger partial charge in [-0.05, 0) is 88.1 Å². The minimum Gasteiger partial charge on any atom is -0.444 e. The Hall–Kier alpha value is -3.31. The molecule has 41 heavy (non-hydrogen) atoms. The average Bonchev–Trinajstić information content (AvgIpc) is 2.84. The van der Waals surface area contributed by atoms with Crippen LogP contribution in [0, 0.1) is 18.7 Å². The van der Waals surface area contributed by atoms with Crippen molar-refractivity contribution in [2.24, 2.45) is 5.92 Å². The van der Waals surface area contributed by atoms with Crippen LogP contribution in [0.1, 0.15) is 73.9 Å². The number of hydrogen-bond donors (Lipinski definition) is 0. The van der Waals surface area contributed by atoms with Crippen molar-refractivity contribution >= 4 is 12.0 Å². The Morgan fingerprint density at radius 2 is 1.54 bits per heavy atom. The van der Waals surface area contributed by atoms with Crippen LogP contribution < -0.4 is 0 Å². The summed E-state index contributed by atoms with van der Waals surface area (Å²) in [6.45, 7) is 8.29. The van der Waals surface area contributed by atoms with Gasteiger partial charge in [-0.3, -0.25) is 4.79 Å². The number of ether oxygens (including phenoxy) is 1. The number of amides is 2. The molecule has 2 aromatic carbocycles. The Kier molecular flexibility index (Phi) is 9.05. The van der Waals surface area contributed by atoms with Gasteiger partial charge in [0.2, 0.25) is 5.91 Å². The summed E-state index contributed by atoms with van der Waals surface area (Å²) in [6, 6.07) is 4.13. The van der Waals surface area contributed by atoms with Crippen molar-refractivity contribution in [3.8, 4) is 0 Å². The predicted molar refractivity (Wildman–Crippen MR) is 137 cm³/mol. The van der Waals surface area contributed by atoms with Gasteiger partial charge in [0.25, 0.3) is 0 Å². The molecule has 0 aromatic heterocycles. The minimum atomic E-state index is -5.03. The number of hydrogen-bond acceptors (Lipinski definition) is 3. The molecule has 1 fully saturated rings. The van der Waals surface area contributed by atoms with E-state index in [-0.39, 0.29) is 31.1 Å². The van der Waals surface area contributed by atoms with Gasteiger partial charge >= 0.3 is 18.4 Å². The van der Waals surface area contributed by atoms with Gasteiger partial charge in [-0.1, -0.05) is 6.07 Å². The van der Waals surface area contributed by atoms with E-state index in [9.17, 15) is 40.3 Å². The molecule has 1 heterocycles. The van der Waals surface area contributed by atoms with Crippen LogP contribution in [0.3, 0.4) is 0 Å². The third-order valence-corrected chi connectivity index (χ3v) is 7.23. The molecule has 3 rings (SSSR count). The van der Waals surface area contributed by atoms with Crippen LogP contribution in [0.15, 0.2) is 36.4 Å². The summed E-state index contributed by atoms with van der Waals surface area (Å²) in [5.74, 6) is -2.45. The van der Waals surface area contributed by atoms with Crippen LogP contribution in [0.25, 0.3) is 0 Å². The first-order chi connectivity index (χ1) is 18.7. The molecule has 1 saturated heterocycles. The molecule has 0 saturated carbocycles. The van der Waals surface area contributed by atoms with Crippen molar-refractivity contribution in [2.45, 2.75) is 71.0 Å². The molecule has 226 valence electrons. The Labute approximate surface area is 234 Å². The van der Waals surface area contributed by atoms with Crippen molar-refractivity contribution < 1.29 is 45.1 Å². The number of carbonyl (C=O) groups excluding carboxylic acids is 2. The number of benzene rings is 2. The van der Waals surface area contributed by atoms with Crippen molar-refractivity contribution in [3.05, 3.63) is 70.0 Å². The molecule has 0 spiro atoms. The van der Waals surface area contributed by atoms with Crippen LogP contribution in [0.2, 0.25) is 0 Å². The smallest absolute Gasteiger partial charge is 0.416 e. The van der Waals surface area contributed by atoms with E-state index in [0.717, 1.165) is 4.90 Å². The van der Waals surface area contributed by atoms with Crippen LogP contribution in [0.4, 0.5) is 35.5 Å². The fraction of sp³-hybridized carbons (Fsp3) is 0.517. The summed E-state index contributed by atoms with van der Waals surface area (Å²) in [4.78, 5) is 29.2. The zero-order valence-electron chi connectivity index (χ0n) is 23.6. The maximum Gasteiger partial charge on any atom is 0.416 e. The molecule has 1 aliphatic heterocycles. The van der Waals surface area contributed by atoms with E-state index in [1.54, 1.807) is 27.7 Å². The zero-order valence-corrected chi connectivity index (χ0v) is 23.6. The van der Waals surface area contributed by atoms with Crippen molar-refractivity contribution in [2.75, 3.05) is 20.1 Å². The number of carbonyl (C=O) groups is 2. The highest BCUT2D eigenvalue weighted by atomic mass is 19.4. The largest absolute Gasteiger partial charge is 0.444 e. The number of likely N-dealkylation sites (tertiary alicyclic amines) is 1. The lowest BCUT2D eigenvalue weighted by Crippen LogP contribution is -2.49. The number of nitrogens with zero attached hydrogens (tertiary/aromatic N) is 2. The van der Waals surface area contributed by atoms with Gasteiger partial charge in [0.1, 0.15) is 11.4 Å². The lowest BCUT2D eigenvalue weighted by Gasteiger charge is -2.41. The maximum atomic E-state index is 13.9. The van der Waals surface area contributed by atoms with E-state index in [4.69, 9.17) is 4.74 Å². The summed E-state index contributed by atoms with van der Waals surface area (Å²) in [7, 11) is 1.31. The van der Waals surface area contributed by atoms with Crippen molar-refractivity contribution in [1.82, 2.24) is 9.80 Å². The van der Waals surface area contributed by atoms with Gasteiger partial charge < -0.3 is 14.5 Å². The molecule has 12 heteroatoms. The van der Waals surface area contributed by atoms with Crippen LogP contribution in [-0.4, -0.2) is 47.5 Å². The van der Waals surface area contributed by atoms with Gasteiger partial charge in [-0.25, -0.2) is 9.18 Å². The lowest BCUT2D eigenvalue weighted by atomic mass is 9.78. The van der Waals surface area contributed by atoms with E-state index in [1.807, 2.05) is 0 Å². The maximum absolute atomic E-state index is 13.9. The molecular formula is C29H33F7N2O3. The Morgan fingerprint density at radius 1 is 0.976 bits per heavy atom. The molecule has 2 amide bonds. The standard InChI is InChI=1S/C29H33F7N2O3/c1-16-11-21(30)7-8-22(16)24-15-38(26(40)41-27(3,4)5)10-9-23(24)25(39)37(6)17(2)18-12-19(28(31,32)33)14-20(13-18)29(34,35)36/h7-8,11-14,17,23-24H,9-10,15H2,1-6H3/t17-,23-,24-/m1/s1. The van der Waals surface area contributed by atoms with Gasteiger partial charge in [-0.2, -0.15) is 26.3 Å². The van der Waals surface area contributed by atoms with E-state index in [2.05, 4.69) is 0 Å². The average molecular weight is 591 g/mol. The summed E-state index contributed by atoms with van der Waals surface area (Å²) in [6.07, 6.45) is -10.5. The van der Waals surface area contributed by atoms with Crippen LogP contribution >= 0.6 is 0 Å². The normalized spacial score (nSPS) is 19.1. The van der Waals surface area contributed by atoms with Crippen molar-refractivity contribution in [1.29, 1.82) is 0 Å². The minimum absolute atomic E-state index is 0.0395. The Morgan fingerprint density at radius 3 is 2.02 bits per heavy atom. The van der Waals surface area contributed by atoms with E-state index < -0.39 is 64.8 Å². The SMILES string of the molecule is Cc1cc(F)ccc1[C@H]1CN(C(=O)OC(C)(C)C)CC[C@H]1C(=O)N(C)[C@H](C)c1cc(C(F)(F)F)cc(C(F)(F)F)c1. The monoisotopic (exact) mass is 590 g/mol. The molecule has 1 aliphatic rings. The summed E-state index contributed by atoms with van der Waals surface area (Å²) in [5, 5.41) is 0. The van der Waals surface area contributed by atoms with Gasteiger partial charge in [0, 0.05) is 32.0 Å². The van der Waals surface area contributed by atoms with Gasteiger partial charge in [0.05, 0.1) is 17.2 Å². The molecule has 0 bridgehead atoms. The fourth-order valence-corrected chi connectivity index (χ4v) is 5.01. The molecule has 5 nitrogen and oxygen atoms in total. The van der Waals surface area contributed by atoms with Crippen molar-refractivity contribution in [3.63, 3.8) is 0 Å². The third-order valence-electron chi connectivity index (χ3n) is 7.23. The fourth-order valence-electron chi connectivity index (χ4n) is 5.01. The third kappa shape index (κ3) is 7.71. The second-order valence-corrected chi connectivity index (χ2v) is 11.4. The number of rotatable bonds is 4. The van der Waals surface area contributed by atoms with E-state index >= 15 is 0 Å². The highest BCUT2D eigenvalue weighted by Gasteiger charge is 2.42. The molecule has 3 atom stereocenters. The number of piperidine rings is 1. The number of alkyl halides is 6. The zero-order chi connectivity index (χ0) is 31.1. The number of aryl methyl sites for hydroxylation is 1. The molecule has 2 aromatic rings. The molecular weight excluding hydrogens is 557 g/mol.